The van der Waals surface area contributed by atoms with Crippen LogP contribution in [0.1, 0.15) is 48.5 Å². The normalized spacial score (nSPS) is 11.3. The Morgan fingerprint density at radius 2 is 2.00 bits per heavy atom. The smallest absolute Gasteiger partial charge is 0.163 e. The van der Waals surface area contributed by atoms with Crippen LogP contribution in [0.2, 0.25) is 0 Å². The highest BCUT2D eigenvalue weighted by molar-refractivity contribution is 5.96. The first-order chi connectivity index (χ1) is 8.41. The molecule has 0 saturated carbocycles. The summed E-state index contributed by atoms with van der Waals surface area (Å²) in [7, 11) is 3.95. The molecule has 0 aliphatic heterocycles. The fourth-order valence-corrected chi connectivity index (χ4v) is 1.87. The molecule has 0 N–H and O–H groups in total. The number of nitrogens with zero attached hydrogens (tertiary/aromatic N) is 1. The standard InChI is InChI=1S/C15H22FNO/c1-11(2)13-8-7-12(10-14(13)16)15(18)6-5-9-17(3)4/h7-8,10-11H,5-6,9H2,1-4H3. The van der Waals surface area contributed by atoms with Crippen molar-refractivity contribution >= 4 is 5.78 Å². The van der Waals surface area contributed by atoms with Gasteiger partial charge < -0.3 is 4.90 Å². The zero-order valence-electron chi connectivity index (χ0n) is 11.7. The van der Waals surface area contributed by atoms with Crippen molar-refractivity contribution < 1.29 is 9.18 Å². The Kier molecular flexibility index (Phi) is 5.48. The van der Waals surface area contributed by atoms with Crippen LogP contribution >= 0.6 is 0 Å². The Labute approximate surface area is 109 Å². The average Bonchev–Trinajstić information content (AvgIpc) is 2.27. The fraction of sp³-hybridized carbons (Fsp3) is 0.533. The number of hydrogen-bond donors (Lipinski definition) is 0. The van der Waals surface area contributed by atoms with E-state index < -0.39 is 0 Å². The van der Waals surface area contributed by atoms with E-state index in [-0.39, 0.29) is 17.5 Å². The summed E-state index contributed by atoms with van der Waals surface area (Å²) in [4.78, 5) is 13.9. The molecule has 0 aromatic heterocycles. The van der Waals surface area contributed by atoms with Crippen molar-refractivity contribution in [2.24, 2.45) is 0 Å². The van der Waals surface area contributed by atoms with Crippen LogP contribution in [0.15, 0.2) is 18.2 Å². The van der Waals surface area contributed by atoms with Gasteiger partial charge in [0.25, 0.3) is 0 Å². The zero-order valence-corrected chi connectivity index (χ0v) is 11.7. The third-order valence-electron chi connectivity index (χ3n) is 2.95. The predicted octanol–water partition coefficient (Wildman–Crippen LogP) is 3.47. The van der Waals surface area contributed by atoms with Crippen molar-refractivity contribution in [1.29, 1.82) is 0 Å². The van der Waals surface area contributed by atoms with Crippen LogP contribution in [0.3, 0.4) is 0 Å². The summed E-state index contributed by atoms with van der Waals surface area (Å²) in [6.45, 7) is 4.76. The lowest BCUT2D eigenvalue weighted by molar-refractivity contribution is 0.0977. The van der Waals surface area contributed by atoms with E-state index in [9.17, 15) is 9.18 Å². The summed E-state index contributed by atoms with van der Waals surface area (Å²) in [5.41, 5.74) is 1.15. The molecule has 0 spiro atoms. The van der Waals surface area contributed by atoms with E-state index in [0.717, 1.165) is 13.0 Å². The molecule has 1 aromatic rings. The maximum atomic E-state index is 13.8. The lowest BCUT2D eigenvalue weighted by atomic mass is 9.98. The van der Waals surface area contributed by atoms with Crippen LogP contribution in [0.25, 0.3) is 0 Å². The molecule has 0 amide bonds. The molecule has 0 atom stereocenters. The summed E-state index contributed by atoms with van der Waals surface area (Å²) in [6, 6.07) is 4.82. The van der Waals surface area contributed by atoms with Gasteiger partial charge in [-0.3, -0.25) is 4.79 Å². The molecular weight excluding hydrogens is 229 g/mol. The van der Waals surface area contributed by atoms with Gasteiger partial charge in [0.1, 0.15) is 5.82 Å². The molecule has 0 unspecified atom stereocenters. The second-order valence-electron chi connectivity index (χ2n) is 5.22. The number of hydrogen-bond acceptors (Lipinski definition) is 2. The maximum Gasteiger partial charge on any atom is 0.163 e. The number of carbonyl (C=O) groups excluding carboxylic acids is 1. The van der Waals surface area contributed by atoms with E-state index in [2.05, 4.69) is 0 Å². The van der Waals surface area contributed by atoms with Gasteiger partial charge in [0.2, 0.25) is 0 Å². The Balaban J connectivity index is 2.67. The van der Waals surface area contributed by atoms with Crippen molar-refractivity contribution in [3.8, 4) is 0 Å². The van der Waals surface area contributed by atoms with Crippen molar-refractivity contribution in [3.63, 3.8) is 0 Å². The van der Waals surface area contributed by atoms with Gasteiger partial charge in [-0.15, -0.1) is 0 Å². The Bertz CT molecular complexity index is 413. The highest BCUT2D eigenvalue weighted by Crippen LogP contribution is 2.20. The molecule has 0 radical (unpaired) electrons. The minimum absolute atomic E-state index is 0.0195. The molecule has 3 heteroatoms. The molecule has 0 aliphatic rings. The molecule has 0 bridgehead atoms. The largest absolute Gasteiger partial charge is 0.309 e. The van der Waals surface area contributed by atoms with Gasteiger partial charge in [-0.25, -0.2) is 4.39 Å². The fourth-order valence-electron chi connectivity index (χ4n) is 1.87. The third kappa shape index (κ3) is 4.22. The highest BCUT2D eigenvalue weighted by Gasteiger charge is 2.11. The Hall–Kier alpha value is -1.22. The van der Waals surface area contributed by atoms with Crippen LogP contribution in [0.5, 0.6) is 0 Å². The summed E-state index contributed by atoms with van der Waals surface area (Å²) in [5, 5.41) is 0. The van der Waals surface area contributed by atoms with E-state index in [1.54, 1.807) is 12.1 Å². The molecule has 0 aliphatic carbocycles. The van der Waals surface area contributed by atoms with Gasteiger partial charge in [0.05, 0.1) is 0 Å². The van der Waals surface area contributed by atoms with E-state index in [1.165, 1.54) is 6.07 Å². The SMILES string of the molecule is CC(C)c1ccc(C(=O)CCCN(C)C)cc1F. The molecule has 1 rings (SSSR count). The monoisotopic (exact) mass is 251 g/mol. The molecule has 2 nitrogen and oxygen atoms in total. The number of benzene rings is 1. The van der Waals surface area contributed by atoms with Gasteiger partial charge in [-0.05, 0) is 44.6 Å². The van der Waals surface area contributed by atoms with Crippen LogP contribution in [0, 0.1) is 5.82 Å². The van der Waals surface area contributed by atoms with E-state index in [4.69, 9.17) is 0 Å². The van der Waals surface area contributed by atoms with Gasteiger partial charge in [0.15, 0.2) is 5.78 Å². The molecule has 0 saturated heterocycles. The van der Waals surface area contributed by atoms with Crippen LogP contribution in [-0.4, -0.2) is 31.3 Å². The van der Waals surface area contributed by atoms with Gasteiger partial charge in [-0.2, -0.15) is 0 Å². The molecule has 1 aromatic carbocycles. The number of halogens is 1. The summed E-state index contributed by atoms with van der Waals surface area (Å²) in [6.07, 6.45) is 1.28. The number of carbonyl (C=O) groups is 1. The van der Waals surface area contributed by atoms with Gasteiger partial charge in [0, 0.05) is 12.0 Å². The zero-order chi connectivity index (χ0) is 13.7. The van der Waals surface area contributed by atoms with Crippen LogP contribution in [0.4, 0.5) is 4.39 Å². The second-order valence-corrected chi connectivity index (χ2v) is 5.22. The first kappa shape index (κ1) is 14.8. The number of Topliss-reactive ketones (excluding diaryl/α,β-unsaturated/α-hetero) is 1. The lowest BCUT2D eigenvalue weighted by Gasteiger charge is -2.10. The third-order valence-corrected chi connectivity index (χ3v) is 2.95. The maximum absolute atomic E-state index is 13.8. The summed E-state index contributed by atoms with van der Waals surface area (Å²) < 4.78 is 13.8. The quantitative estimate of drug-likeness (QED) is 0.721. The molecule has 0 fully saturated rings. The van der Waals surface area contributed by atoms with Gasteiger partial charge in [-0.1, -0.05) is 26.0 Å². The minimum Gasteiger partial charge on any atom is -0.309 e. The molecule has 0 heterocycles. The topological polar surface area (TPSA) is 20.3 Å². The highest BCUT2D eigenvalue weighted by atomic mass is 19.1. The van der Waals surface area contributed by atoms with Crippen LogP contribution in [-0.2, 0) is 0 Å². The lowest BCUT2D eigenvalue weighted by Crippen LogP contribution is -2.14. The van der Waals surface area contributed by atoms with Crippen molar-refractivity contribution in [3.05, 3.63) is 35.1 Å². The number of ketones is 1. The van der Waals surface area contributed by atoms with Crippen molar-refractivity contribution in [2.45, 2.75) is 32.6 Å². The molecular formula is C15H22FNO. The minimum atomic E-state index is -0.275. The van der Waals surface area contributed by atoms with Crippen LogP contribution < -0.4 is 0 Å². The van der Waals surface area contributed by atoms with Gasteiger partial charge >= 0.3 is 0 Å². The molecule has 100 valence electrons. The van der Waals surface area contributed by atoms with E-state index >= 15 is 0 Å². The van der Waals surface area contributed by atoms with Crippen molar-refractivity contribution in [1.82, 2.24) is 4.90 Å². The second kappa shape index (κ2) is 6.64. The summed E-state index contributed by atoms with van der Waals surface area (Å²) in [5.74, 6) is -0.114. The Morgan fingerprint density at radius 3 is 2.50 bits per heavy atom. The summed E-state index contributed by atoms with van der Waals surface area (Å²) >= 11 is 0. The molecule has 18 heavy (non-hydrogen) atoms. The van der Waals surface area contributed by atoms with Crippen molar-refractivity contribution in [2.75, 3.05) is 20.6 Å². The number of rotatable bonds is 6. The predicted molar refractivity (Wildman–Crippen MR) is 72.6 cm³/mol. The van der Waals surface area contributed by atoms with E-state index in [0.29, 0.717) is 17.5 Å². The first-order valence-electron chi connectivity index (χ1n) is 6.39. The first-order valence-corrected chi connectivity index (χ1v) is 6.39. The van der Waals surface area contributed by atoms with E-state index in [1.807, 2.05) is 32.8 Å². The Morgan fingerprint density at radius 1 is 1.33 bits per heavy atom. The average molecular weight is 251 g/mol.